The Morgan fingerprint density at radius 2 is 1.95 bits per heavy atom. The average Bonchev–Trinajstić information content (AvgIpc) is 2.53. The molecule has 3 nitrogen and oxygen atoms in total. The molecule has 5 heteroatoms. The van der Waals surface area contributed by atoms with Crippen LogP contribution in [0.15, 0.2) is 53.0 Å². The van der Waals surface area contributed by atoms with Gasteiger partial charge in [-0.25, -0.2) is 0 Å². The molecule has 0 aliphatic carbocycles. The topological polar surface area (TPSA) is 38.3 Å². The Hall–Kier alpha value is -1.36. The van der Waals surface area contributed by atoms with Crippen molar-refractivity contribution >= 4 is 34.3 Å². The summed E-state index contributed by atoms with van der Waals surface area (Å²) in [4.78, 5) is 12.2. The van der Waals surface area contributed by atoms with Crippen molar-refractivity contribution in [3.05, 3.63) is 69.7 Å². The number of nitrogens with one attached hydrogen (secondary N) is 1. The van der Waals surface area contributed by atoms with Gasteiger partial charge in [0, 0.05) is 11.0 Å². The van der Waals surface area contributed by atoms with E-state index < -0.39 is 0 Å². The van der Waals surface area contributed by atoms with Crippen molar-refractivity contribution in [1.82, 2.24) is 5.32 Å². The van der Waals surface area contributed by atoms with Crippen molar-refractivity contribution in [2.45, 2.75) is 25.6 Å². The van der Waals surface area contributed by atoms with E-state index in [1.165, 1.54) is 11.1 Å². The number of hydrogen-bond donors (Lipinski definition) is 1. The zero-order valence-corrected chi connectivity index (χ0v) is 14.3. The van der Waals surface area contributed by atoms with Gasteiger partial charge < -0.3 is 10.1 Å². The van der Waals surface area contributed by atoms with Gasteiger partial charge in [-0.3, -0.25) is 4.79 Å². The van der Waals surface area contributed by atoms with Gasteiger partial charge >= 0.3 is 5.97 Å². The molecular formula is C17H17BrClNO2. The third-order valence-electron chi connectivity index (χ3n) is 3.64. The predicted molar refractivity (Wildman–Crippen MR) is 92.0 cm³/mol. The van der Waals surface area contributed by atoms with E-state index in [-0.39, 0.29) is 24.4 Å². The molecule has 0 spiro atoms. The molecule has 0 radical (unpaired) electrons. The number of benzene rings is 2. The van der Waals surface area contributed by atoms with Crippen molar-refractivity contribution in [3.8, 4) is 0 Å². The molecule has 0 saturated heterocycles. The van der Waals surface area contributed by atoms with Crippen molar-refractivity contribution < 1.29 is 9.53 Å². The first-order valence-corrected chi connectivity index (χ1v) is 7.73. The van der Waals surface area contributed by atoms with E-state index >= 15 is 0 Å². The van der Waals surface area contributed by atoms with Gasteiger partial charge in [-0.1, -0.05) is 52.3 Å². The van der Waals surface area contributed by atoms with E-state index in [4.69, 9.17) is 4.74 Å². The highest BCUT2D eigenvalue weighted by atomic mass is 79.9. The van der Waals surface area contributed by atoms with Crippen LogP contribution in [0.3, 0.4) is 0 Å². The summed E-state index contributed by atoms with van der Waals surface area (Å²) in [5.41, 5.74) is 3.44. The molecule has 1 aliphatic heterocycles. The zero-order chi connectivity index (χ0) is 14.7. The Kier molecular flexibility index (Phi) is 6.00. The average molecular weight is 383 g/mol. The predicted octanol–water partition coefficient (Wildman–Crippen LogP) is 3.63. The molecule has 0 saturated carbocycles. The first-order chi connectivity index (χ1) is 10.2. The number of carbonyl (C=O) groups is 1. The third kappa shape index (κ3) is 4.09. The quantitative estimate of drug-likeness (QED) is 0.824. The SMILES string of the molecule is Cl.O=C(OCc1ccccc1)C1Cc2cc(Br)ccc2CN1. The molecule has 3 rings (SSSR count). The van der Waals surface area contributed by atoms with Crippen molar-refractivity contribution in [2.24, 2.45) is 0 Å². The minimum Gasteiger partial charge on any atom is -0.460 e. The monoisotopic (exact) mass is 381 g/mol. The molecule has 1 N–H and O–H groups in total. The van der Waals surface area contributed by atoms with Gasteiger partial charge in [0.1, 0.15) is 12.6 Å². The Morgan fingerprint density at radius 3 is 2.73 bits per heavy atom. The van der Waals surface area contributed by atoms with Crippen LogP contribution < -0.4 is 5.32 Å². The largest absolute Gasteiger partial charge is 0.460 e. The molecule has 0 amide bonds. The van der Waals surface area contributed by atoms with Crippen LogP contribution in [0.25, 0.3) is 0 Å². The van der Waals surface area contributed by atoms with E-state index in [0.29, 0.717) is 19.6 Å². The number of esters is 1. The Balaban J connectivity index is 0.00000176. The standard InChI is InChI=1S/C17H16BrNO2.ClH/c18-15-7-6-13-10-19-16(9-14(13)8-15)17(20)21-11-12-4-2-1-3-5-12;/h1-8,16,19H,9-11H2;1H. The summed E-state index contributed by atoms with van der Waals surface area (Å²) in [5.74, 6) is -0.190. The molecular weight excluding hydrogens is 366 g/mol. The fraction of sp³-hybridized carbons (Fsp3) is 0.235. The Labute approximate surface area is 144 Å². The van der Waals surface area contributed by atoms with Gasteiger partial charge in [-0.15, -0.1) is 12.4 Å². The molecule has 1 unspecified atom stereocenters. The number of rotatable bonds is 3. The Bertz CT molecular complexity index is 648. The van der Waals surface area contributed by atoms with Crippen molar-refractivity contribution in [3.63, 3.8) is 0 Å². The summed E-state index contributed by atoms with van der Waals surface area (Å²) in [6, 6.07) is 15.6. The molecule has 0 bridgehead atoms. The van der Waals surface area contributed by atoms with E-state index in [1.807, 2.05) is 36.4 Å². The smallest absolute Gasteiger partial charge is 0.323 e. The fourth-order valence-corrected chi connectivity index (χ4v) is 2.89. The molecule has 116 valence electrons. The van der Waals surface area contributed by atoms with Crippen LogP contribution >= 0.6 is 28.3 Å². The maximum absolute atomic E-state index is 12.2. The highest BCUT2D eigenvalue weighted by Gasteiger charge is 2.25. The minimum absolute atomic E-state index is 0. The molecule has 0 aromatic heterocycles. The summed E-state index contributed by atoms with van der Waals surface area (Å²) in [7, 11) is 0. The van der Waals surface area contributed by atoms with E-state index in [1.54, 1.807) is 0 Å². The maximum Gasteiger partial charge on any atom is 0.323 e. The lowest BCUT2D eigenvalue weighted by molar-refractivity contribution is -0.147. The second-order valence-corrected chi connectivity index (χ2v) is 6.06. The number of carbonyl (C=O) groups excluding carboxylic acids is 1. The molecule has 1 aliphatic rings. The van der Waals surface area contributed by atoms with Crippen LogP contribution in [0.4, 0.5) is 0 Å². The first-order valence-electron chi connectivity index (χ1n) is 6.93. The molecule has 22 heavy (non-hydrogen) atoms. The summed E-state index contributed by atoms with van der Waals surface area (Å²) < 4.78 is 6.44. The number of halogens is 2. The second kappa shape index (κ2) is 7.77. The van der Waals surface area contributed by atoms with Crippen molar-refractivity contribution in [2.75, 3.05) is 0 Å². The van der Waals surface area contributed by atoms with Gasteiger partial charge in [-0.05, 0) is 35.2 Å². The maximum atomic E-state index is 12.2. The van der Waals surface area contributed by atoms with Crippen LogP contribution in [-0.2, 0) is 29.1 Å². The molecule has 1 heterocycles. The highest BCUT2D eigenvalue weighted by molar-refractivity contribution is 9.10. The Morgan fingerprint density at radius 1 is 1.18 bits per heavy atom. The summed E-state index contributed by atoms with van der Waals surface area (Å²) in [6.45, 7) is 1.02. The molecule has 2 aromatic carbocycles. The fourth-order valence-electron chi connectivity index (χ4n) is 2.48. The van der Waals surface area contributed by atoms with Crippen LogP contribution in [0.5, 0.6) is 0 Å². The van der Waals surface area contributed by atoms with Gasteiger partial charge in [-0.2, -0.15) is 0 Å². The lowest BCUT2D eigenvalue weighted by Gasteiger charge is -2.25. The van der Waals surface area contributed by atoms with Gasteiger partial charge in [0.05, 0.1) is 0 Å². The zero-order valence-electron chi connectivity index (χ0n) is 11.9. The summed E-state index contributed by atoms with van der Waals surface area (Å²) in [6.07, 6.45) is 0.669. The van der Waals surface area contributed by atoms with Gasteiger partial charge in [0.25, 0.3) is 0 Å². The van der Waals surface area contributed by atoms with Crippen LogP contribution in [0.1, 0.15) is 16.7 Å². The lowest BCUT2D eigenvalue weighted by atomic mass is 9.96. The third-order valence-corrected chi connectivity index (χ3v) is 4.13. The first kappa shape index (κ1) is 17.0. The summed E-state index contributed by atoms with van der Waals surface area (Å²) in [5, 5.41) is 3.24. The van der Waals surface area contributed by atoms with E-state index in [9.17, 15) is 4.79 Å². The summed E-state index contributed by atoms with van der Waals surface area (Å²) >= 11 is 3.47. The number of hydrogen-bond acceptors (Lipinski definition) is 3. The highest BCUT2D eigenvalue weighted by Crippen LogP contribution is 2.22. The number of ether oxygens (including phenoxy) is 1. The molecule has 1 atom stereocenters. The second-order valence-electron chi connectivity index (χ2n) is 5.14. The van der Waals surface area contributed by atoms with Crippen LogP contribution in [0.2, 0.25) is 0 Å². The van der Waals surface area contributed by atoms with Gasteiger partial charge in [0.2, 0.25) is 0 Å². The van der Waals surface area contributed by atoms with Crippen LogP contribution in [0, 0.1) is 0 Å². The minimum atomic E-state index is -0.268. The van der Waals surface area contributed by atoms with Gasteiger partial charge in [0.15, 0.2) is 0 Å². The molecule has 2 aromatic rings. The number of fused-ring (bicyclic) bond motifs is 1. The van der Waals surface area contributed by atoms with E-state index in [2.05, 4.69) is 33.4 Å². The van der Waals surface area contributed by atoms with E-state index in [0.717, 1.165) is 10.0 Å². The normalized spacial score (nSPS) is 16.3. The lowest BCUT2D eigenvalue weighted by Crippen LogP contribution is -2.42. The van der Waals surface area contributed by atoms with Crippen molar-refractivity contribution in [1.29, 1.82) is 0 Å². The van der Waals surface area contributed by atoms with Crippen LogP contribution in [-0.4, -0.2) is 12.0 Å². The molecule has 0 fully saturated rings.